The molecule has 1 aromatic carbocycles. The first-order valence-corrected chi connectivity index (χ1v) is 6.08. The van der Waals surface area contributed by atoms with Crippen LogP contribution >= 0.6 is 0 Å². The molecule has 0 fully saturated rings. The van der Waals surface area contributed by atoms with Crippen LogP contribution in [0.1, 0.15) is 18.9 Å². The quantitative estimate of drug-likeness (QED) is 0.700. The summed E-state index contributed by atoms with van der Waals surface area (Å²) in [5.74, 6) is 0. The molecule has 0 saturated heterocycles. The van der Waals surface area contributed by atoms with E-state index in [1.165, 1.54) is 16.7 Å². The lowest BCUT2D eigenvalue weighted by atomic mass is 10.0. The Morgan fingerprint density at radius 1 is 1.18 bits per heavy atom. The summed E-state index contributed by atoms with van der Waals surface area (Å²) in [6, 6.07) is 10.6. The summed E-state index contributed by atoms with van der Waals surface area (Å²) in [5, 5.41) is 0. The van der Waals surface area contributed by atoms with Crippen molar-refractivity contribution in [1.82, 2.24) is 0 Å². The zero-order chi connectivity index (χ0) is 11.9. The van der Waals surface area contributed by atoms with Crippen LogP contribution in [-0.4, -0.2) is 0 Å². The third kappa shape index (κ3) is 3.92. The normalized spacial score (nSPS) is 17.7. The van der Waals surface area contributed by atoms with Crippen molar-refractivity contribution in [1.29, 1.82) is 0 Å². The van der Waals surface area contributed by atoms with E-state index in [0.29, 0.717) is 0 Å². The van der Waals surface area contributed by atoms with Gasteiger partial charge in [0.15, 0.2) is 0 Å². The van der Waals surface area contributed by atoms with E-state index in [4.69, 9.17) is 0 Å². The topological polar surface area (TPSA) is 0 Å². The fraction of sp³-hybridized carbons (Fsp3) is 0.176. The lowest BCUT2D eigenvalue weighted by Crippen LogP contribution is -1.86. The highest BCUT2D eigenvalue weighted by Crippen LogP contribution is 2.12. The molecule has 0 aliphatic heterocycles. The van der Waals surface area contributed by atoms with Gasteiger partial charge < -0.3 is 0 Å². The zero-order valence-electron chi connectivity index (χ0n) is 10.3. The van der Waals surface area contributed by atoms with Gasteiger partial charge in [0.2, 0.25) is 0 Å². The molecule has 86 valence electrons. The Morgan fingerprint density at radius 2 is 2.00 bits per heavy atom. The maximum Gasteiger partial charge on any atom is -0.00668 e. The maximum atomic E-state index is 2.23. The predicted molar refractivity (Wildman–Crippen MR) is 74.9 cm³/mol. The second-order valence-electron chi connectivity index (χ2n) is 4.41. The molecule has 1 aliphatic rings. The van der Waals surface area contributed by atoms with Gasteiger partial charge in [-0.15, -0.1) is 0 Å². The molecule has 0 amide bonds. The zero-order valence-corrected chi connectivity index (χ0v) is 10.3. The van der Waals surface area contributed by atoms with Gasteiger partial charge in [0.25, 0.3) is 0 Å². The van der Waals surface area contributed by atoms with Crippen LogP contribution in [0.3, 0.4) is 0 Å². The SMILES string of the molecule is C/C(=C/C=C1/C=CC=CC1)Cc1ccccc1. The van der Waals surface area contributed by atoms with Crippen LogP contribution in [0.25, 0.3) is 0 Å². The van der Waals surface area contributed by atoms with Crippen molar-refractivity contribution in [2.24, 2.45) is 0 Å². The van der Waals surface area contributed by atoms with Gasteiger partial charge in [-0.05, 0) is 30.9 Å². The Bertz CT molecular complexity index is 470. The van der Waals surface area contributed by atoms with Gasteiger partial charge >= 0.3 is 0 Å². The van der Waals surface area contributed by atoms with E-state index in [-0.39, 0.29) is 0 Å². The molecule has 0 bridgehead atoms. The van der Waals surface area contributed by atoms with Crippen LogP contribution in [0.4, 0.5) is 0 Å². The molecule has 0 aromatic heterocycles. The summed E-state index contributed by atoms with van der Waals surface area (Å²) >= 11 is 0. The van der Waals surface area contributed by atoms with E-state index in [9.17, 15) is 0 Å². The number of rotatable bonds is 3. The third-order valence-corrected chi connectivity index (χ3v) is 2.82. The molecule has 2 rings (SSSR count). The van der Waals surface area contributed by atoms with E-state index >= 15 is 0 Å². The monoisotopic (exact) mass is 222 g/mol. The van der Waals surface area contributed by atoms with Gasteiger partial charge in [0.1, 0.15) is 0 Å². The van der Waals surface area contributed by atoms with Crippen molar-refractivity contribution < 1.29 is 0 Å². The summed E-state index contributed by atoms with van der Waals surface area (Å²) in [6.45, 7) is 2.19. The van der Waals surface area contributed by atoms with Gasteiger partial charge in [-0.2, -0.15) is 0 Å². The minimum absolute atomic E-state index is 1.03. The number of benzene rings is 1. The maximum absolute atomic E-state index is 2.23. The molecule has 0 saturated carbocycles. The molecule has 17 heavy (non-hydrogen) atoms. The summed E-state index contributed by atoms with van der Waals surface area (Å²) in [6.07, 6.45) is 15.1. The van der Waals surface area contributed by atoms with E-state index in [0.717, 1.165) is 12.8 Å². The highest BCUT2D eigenvalue weighted by molar-refractivity contribution is 5.33. The molecular formula is C17H18. The Morgan fingerprint density at radius 3 is 2.71 bits per heavy atom. The van der Waals surface area contributed by atoms with Gasteiger partial charge in [-0.3, -0.25) is 0 Å². The van der Waals surface area contributed by atoms with E-state index < -0.39 is 0 Å². The highest BCUT2D eigenvalue weighted by atomic mass is 14.0. The van der Waals surface area contributed by atoms with Crippen LogP contribution in [0.5, 0.6) is 0 Å². The summed E-state index contributed by atoms with van der Waals surface area (Å²) < 4.78 is 0. The summed E-state index contributed by atoms with van der Waals surface area (Å²) in [7, 11) is 0. The summed E-state index contributed by atoms with van der Waals surface area (Å²) in [5.41, 5.74) is 4.14. The lowest BCUT2D eigenvalue weighted by Gasteiger charge is -2.02. The van der Waals surface area contributed by atoms with E-state index in [1.807, 2.05) is 0 Å². The number of allylic oxidation sites excluding steroid dienone is 8. The first kappa shape index (κ1) is 11.7. The van der Waals surface area contributed by atoms with Crippen LogP contribution in [0, 0.1) is 0 Å². The largest absolute Gasteiger partial charge is 0.0801 e. The molecule has 1 aliphatic carbocycles. The van der Waals surface area contributed by atoms with Crippen LogP contribution in [-0.2, 0) is 6.42 Å². The standard InChI is InChI=1S/C17H18/c1-15(14-17-10-6-3-7-11-17)12-13-16-8-4-2-5-9-16/h2-8,10-13H,9,14H2,1H3/b15-12-,16-13-. The lowest BCUT2D eigenvalue weighted by molar-refractivity contribution is 1.14. The van der Waals surface area contributed by atoms with Gasteiger partial charge in [0, 0.05) is 0 Å². The first-order chi connectivity index (χ1) is 8.34. The molecule has 0 unspecified atom stereocenters. The molecular weight excluding hydrogens is 204 g/mol. The first-order valence-electron chi connectivity index (χ1n) is 6.08. The molecule has 0 heterocycles. The molecule has 0 radical (unpaired) electrons. The number of hydrogen-bond donors (Lipinski definition) is 0. The molecule has 0 N–H and O–H groups in total. The number of hydrogen-bond acceptors (Lipinski definition) is 0. The fourth-order valence-corrected chi connectivity index (χ4v) is 1.88. The average molecular weight is 222 g/mol. The Labute approximate surface area is 104 Å². The predicted octanol–water partition coefficient (Wildman–Crippen LogP) is 4.62. The third-order valence-electron chi connectivity index (χ3n) is 2.82. The van der Waals surface area contributed by atoms with Crippen molar-refractivity contribution in [3.8, 4) is 0 Å². The van der Waals surface area contributed by atoms with Crippen molar-refractivity contribution in [3.05, 3.63) is 83.5 Å². The Balaban J connectivity index is 1.98. The minimum atomic E-state index is 1.03. The molecule has 0 atom stereocenters. The molecule has 0 nitrogen and oxygen atoms in total. The minimum Gasteiger partial charge on any atom is -0.0801 e. The second-order valence-corrected chi connectivity index (χ2v) is 4.41. The van der Waals surface area contributed by atoms with Gasteiger partial charge in [-0.25, -0.2) is 0 Å². The van der Waals surface area contributed by atoms with Gasteiger partial charge in [-0.1, -0.05) is 72.4 Å². The van der Waals surface area contributed by atoms with Crippen molar-refractivity contribution in [2.75, 3.05) is 0 Å². The summed E-state index contributed by atoms with van der Waals surface area (Å²) in [4.78, 5) is 0. The van der Waals surface area contributed by atoms with E-state index in [2.05, 4.69) is 73.7 Å². The molecule has 0 heteroatoms. The van der Waals surface area contributed by atoms with Crippen molar-refractivity contribution in [2.45, 2.75) is 19.8 Å². The Kier molecular flexibility index (Phi) is 4.15. The fourth-order valence-electron chi connectivity index (χ4n) is 1.88. The Hall–Kier alpha value is -1.82. The van der Waals surface area contributed by atoms with Gasteiger partial charge in [0.05, 0.1) is 0 Å². The average Bonchev–Trinajstić information content (AvgIpc) is 2.39. The van der Waals surface area contributed by atoms with Crippen LogP contribution < -0.4 is 0 Å². The van der Waals surface area contributed by atoms with Crippen molar-refractivity contribution >= 4 is 0 Å². The van der Waals surface area contributed by atoms with Crippen LogP contribution in [0.15, 0.2) is 77.9 Å². The van der Waals surface area contributed by atoms with Crippen molar-refractivity contribution in [3.63, 3.8) is 0 Å². The van der Waals surface area contributed by atoms with E-state index in [1.54, 1.807) is 0 Å². The molecule has 0 spiro atoms. The highest BCUT2D eigenvalue weighted by Gasteiger charge is 1.94. The van der Waals surface area contributed by atoms with Crippen LogP contribution in [0.2, 0.25) is 0 Å². The molecule has 1 aromatic rings. The second kappa shape index (κ2) is 6.05. The smallest absolute Gasteiger partial charge is 0.00668 e.